The van der Waals surface area contributed by atoms with Gasteiger partial charge in [0.25, 0.3) is 5.56 Å². The summed E-state index contributed by atoms with van der Waals surface area (Å²) in [4.78, 5) is 23.5. The van der Waals surface area contributed by atoms with Gasteiger partial charge in [-0.2, -0.15) is 0 Å². The van der Waals surface area contributed by atoms with E-state index >= 15 is 0 Å². The van der Waals surface area contributed by atoms with E-state index in [2.05, 4.69) is 0 Å². The second kappa shape index (κ2) is 4.02. The molecule has 0 amide bonds. The van der Waals surface area contributed by atoms with Crippen molar-refractivity contribution in [2.24, 2.45) is 12.8 Å². The van der Waals surface area contributed by atoms with Gasteiger partial charge in [-0.05, 0) is 20.8 Å². The largest absolute Gasteiger partial charge is 0.331 e. The summed E-state index contributed by atoms with van der Waals surface area (Å²) in [5.74, 6) is 0. The highest BCUT2D eigenvalue weighted by Gasteiger charge is 2.12. The van der Waals surface area contributed by atoms with E-state index in [1.165, 1.54) is 15.2 Å². The molecule has 1 unspecified atom stereocenters. The van der Waals surface area contributed by atoms with Crippen LogP contribution in [-0.2, 0) is 7.05 Å². The first-order valence-corrected chi connectivity index (χ1v) is 4.94. The molecule has 1 heterocycles. The molecule has 1 aromatic heterocycles. The molecule has 84 valence electrons. The predicted octanol–water partition coefficient (Wildman–Crippen LogP) is 0.148. The Balaban J connectivity index is 3.60. The van der Waals surface area contributed by atoms with Gasteiger partial charge < -0.3 is 5.73 Å². The lowest BCUT2D eigenvalue weighted by molar-refractivity contribution is 0.506. The van der Waals surface area contributed by atoms with Gasteiger partial charge in [-0.15, -0.1) is 0 Å². The summed E-state index contributed by atoms with van der Waals surface area (Å²) in [6, 6.07) is 0.960. The van der Waals surface area contributed by atoms with Crippen LogP contribution in [-0.4, -0.2) is 9.13 Å². The van der Waals surface area contributed by atoms with Crippen LogP contribution in [0.1, 0.15) is 38.5 Å². The van der Waals surface area contributed by atoms with E-state index in [1.807, 2.05) is 0 Å². The summed E-state index contributed by atoms with van der Waals surface area (Å²) in [5.41, 5.74) is 5.62. The van der Waals surface area contributed by atoms with Gasteiger partial charge >= 0.3 is 5.69 Å². The molecule has 5 nitrogen and oxygen atoms in total. The van der Waals surface area contributed by atoms with Crippen molar-refractivity contribution in [2.45, 2.75) is 32.9 Å². The van der Waals surface area contributed by atoms with E-state index in [0.29, 0.717) is 5.69 Å². The zero-order valence-electron chi connectivity index (χ0n) is 9.52. The summed E-state index contributed by atoms with van der Waals surface area (Å²) in [6.07, 6.45) is 0. The minimum absolute atomic E-state index is 0.140. The van der Waals surface area contributed by atoms with Crippen LogP contribution in [0.2, 0.25) is 0 Å². The third-order valence-corrected chi connectivity index (χ3v) is 2.37. The van der Waals surface area contributed by atoms with Crippen LogP contribution in [0.25, 0.3) is 0 Å². The molecular weight excluding hydrogens is 194 g/mol. The number of nitrogens with two attached hydrogens (primary N) is 1. The second-order valence-electron chi connectivity index (χ2n) is 4.00. The highest BCUT2D eigenvalue weighted by molar-refractivity contribution is 5.06. The number of hydrogen-bond acceptors (Lipinski definition) is 3. The zero-order valence-corrected chi connectivity index (χ0v) is 9.52. The van der Waals surface area contributed by atoms with E-state index in [9.17, 15) is 9.59 Å². The van der Waals surface area contributed by atoms with E-state index < -0.39 is 0 Å². The first-order valence-electron chi connectivity index (χ1n) is 4.94. The second-order valence-corrected chi connectivity index (χ2v) is 4.00. The maximum absolute atomic E-state index is 11.8. The van der Waals surface area contributed by atoms with Gasteiger partial charge in [0.15, 0.2) is 0 Å². The lowest BCUT2D eigenvalue weighted by Crippen LogP contribution is -2.41. The van der Waals surface area contributed by atoms with Crippen molar-refractivity contribution in [2.75, 3.05) is 0 Å². The molecule has 5 heteroatoms. The Morgan fingerprint density at radius 1 is 1.27 bits per heavy atom. The Labute approximate surface area is 88.1 Å². The van der Waals surface area contributed by atoms with Crippen LogP contribution in [0.4, 0.5) is 0 Å². The molecule has 1 atom stereocenters. The van der Waals surface area contributed by atoms with Gasteiger partial charge in [0.05, 0.1) is 0 Å². The van der Waals surface area contributed by atoms with Gasteiger partial charge in [-0.25, -0.2) is 4.79 Å². The number of aromatic nitrogens is 2. The maximum atomic E-state index is 11.8. The van der Waals surface area contributed by atoms with Gasteiger partial charge in [-0.1, -0.05) is 0 Å². The molecule has 15 heavy (non-hydrogen) atoms. The maximum Gasteiger partial charge on any atom is 0.331 e. The van der Waals surface area contributed by atoms with Crippen molar-refractivity contribution in [1.29, 1.82) is 0 Å². The SMILES string of the molecule is CC(N)c1cc(=O)n(C(C)C)c(=O)n1C. The van der Waals surface area contributed by atoms with E-state index in [0.717, 1.165) is 0 Å². The average molecular weight is 211 g/mol. The minimum atomic E-state index is -0.322. The molecule has 0 bridgehead atoms. The molecule has 0 fully saturated rings. The van der Waals surface area contributed by atoms with Gasteiger partial charge in [0.1, 0.15) is 0 Å². The smallest absolute Gasteiger partial charge is 0.323 e. The van der Waals surface area contributed by atoms with Crippen LogP contribution in [0.15, 0.2) is 15.7 Å². The minimum Gasteiger partial charge on any atom is -0.323 e. The van der Waals surface area contributed by atoms with E-state index in [4.69, 9.17) is 5.73 Å². The van der Waals surface area contributed by atoms with Crippen molar-refractivity contribution < 1.29 is 0 Å². The van der Waals surface area contributed by atoms with Crippen LogP contribution >= 0.6 is 0 Å². The topological polar surface area (TPSA) is 70.0 Å². The highest BCUT2D eigenvalue weighted by atomic mass is 16.2. The van der Waals surface area contributed by atoms with Crippen molar-refractivity contribution in [1.82, 2.24) is 9.13 Å². The predicted molar refractivity (Wildman–Crippen MR) is 58.9 cm³/mol. The lowest BCUT2D eigenvalue weighted by atomic mass is 10.2. The Hall–Kier alpha value is -1.36. The quantitative estimate of drug-likeness (QED) is 0.757. The van der Waals surface area contributed by atoms with Crippen LogP contribution in [0.5, 0.6) is 0 Å². The normalized spacial score (nSPS) is 13.2. The van der Waals surface area contributed by atoms with E-state index in [1.54, 1.807) is 27.8 Å². The zero-order chi connectivity index (χ0) is 11.7. The molecule has 0 aliphatic heterocycles. The molecule has 0 aliphatic carbocycles. The monoisotopic (exact) mass is 211 g/mol. The molecule has 0 spiro atoms. The number of nitrogens with zero attached hydrogens (tertiary/aromatic N) is 2. The fraction of sp³-hybridized carbons (Fsp3) is 0.600. The third kappa shape index (κ3) is 2.02. The van der Waals surface area contributed by atoms with Gasteiger partial charge in [-0.3, -0.25) is 13.9 Å². The van der Waals surface area contributed by atoms with Crippen LogP contribution < -0.4 is 17.0 Å². The Bertz CT molecular complexity index is 469. The Morgan fingerprint density at radius 3 is 2.20 bits per heavy atom. The molecule has 0 radical (unpaired) electrons. The van der Waals surface area contributed by atoms with E-state index in [-0.39, 0.29) is 23.3 Å². The number of rotatable bonds is 2. The van der Waals surface area contributed by atoms with Crippen molar-refractivity contribution in [3.8, 4) is 0 Å². The average Bonchev–Trinajstić information content (AvgIpc) is 2.10. The molecule has 1 aromatic rings. The van der Waals surface area contributed by atoms with Crippen molar-refractivity contribution >= 4 is 0 Å². The van der Waals surface area contributed by atoms with Crippen molar-refractivity contribution in [3.63, 3.8) is 0 Å². The summed E-state index contributed by atoms with van der Waals surface area (Å²) in [5, 5.41) is 0. The summed E-state index contributed by atoms with van der Waals surface area (Å²) >= 11 is 0. The van der Waals surface area contributed by atoms with Crippen LogP contribution in [0.3, 0.4) is 0 Å². The molecule has 1 rings (SSSR count). The molecule has 0 saturated carbocycles. The fourth-order valence-electron chi connectivity index (χ4n) is 1.57. The highest BCUT2D eigenvalue weighted by Crippen LogP contribution is 2.04. The van der Waals surface area contributed by atoms with Crippen molar-refractivity contribution in [3.05, 3.63) is 32.6 Å². The Morgan fingerprint density at radius 2 is 1.80 bits per heavy atom. The summed E-state index contributed by atoms with van der Waals surface area (Å²) in [7, 11) is 1.62. The molecular formula is C10H17N3O2. The van der Waals surface area contributed by atoms with Gasteiger partial charge in [0.2, 0.25) is 0 Å². The first-order chi connectivity index (χ1) is 6.86. The molecule has 2 N–H and O–H groups in total. The Kier molecular flexibility index (Phi) is 3.14. The molecule has 0 saturated heterocycles. The fourth-order valence-corrected chi connectivity index (χ4v) is 1.57. The van der Waals surface area contributed by atoms with Crippen LogP contribution in [0, 0.1) is 0 Å². The van der Waals surface area contributed by atoms with Gasteiger partial charge in [0, 0.05) is 30.9 Å². The lowest BCUT2D eigenvalue weighted by Gasteiger charge is -2.15. The third-order valence-electron chi connectivity index (χ3n) is 2.37. The molecule has 0 aliphatic rings. The number of hydrogen-bond donors (Lipinski definition) is 1. The summed E-state index contributed by atoms with van der Waals surface area (Å²) < 4.78 is 2.64. The first kappa shape index (κ1) is 11.7. The summed E-state index contributed by atoms with van der Waals surface area (Å²) in [6.45, 7) is 5.34. The standard InChI is InChI=1S/C10H17N3O2/c1-6(2)13-9(14)5-8(7(3)11)12(4)10(13)15/h5-7H,11H2,1-4H3. The molecule has 0 aromatic carbocycles.